The number of hydrogen-bond donors (Lipinski definition) is 7. The number of carboxylic acid groups (broad SMARTS) is 1. The molecule has 7 N–H and O–H groups in total. The maximum atomic E-state index is 13.2. The second-order valence-corrected chi connectivity index (χ2v) is 8.82. The highest BCUT2D eigenvalue weighted by Crippen LogP contribution is 2.49. The number of carboxylic acids is 1. The molecule has 12 heteroatoms. The zero-order chi connectivity index (χ0) is 26.5. The third kappa shape index (κ3) is 4.24. The van der Waals surface area contributed by atoms with Gasteiger partial charge in [-0.1, -0.05) is 12.1 Å². The van der Waals surface area contributed by atoms with E-state index in [1.165, 1.54) is 12.1 Å². The number of benzene rings is 2. The number of aliphatic carboxylic acids is 1. The van der Waals surface area contributed by atoms with Crippen molar-refractivity contribution in [1.29, 1.82) is 0 Å². The van der Waals surface area contributed by atoms with Crippen LogP contribution in [0.5, 0.6) is 17.2 Å². The molecule has 4 rings (SSSR count). The van der Waals surface area contributed by atoms with Crippen molar-refractivity contribution in [1.82, 2.24) is 0 Å². The number of fused-ring (bicyclic) bond motifs is 2. The van der Waals surface area contributed by atoms with E-state index in [1.54, 1.807) is 13.0 Å². The average Bonchev–Trinajstić information content (AvgIpc) is 2.79. The molecule has 1 aliphatic carbocycles. The molecule has 0 saturated carbocycles. The average molecular weight is 504 g/mol. The SMILES string of the molecule is Cc1cc(O)c2c(c1)C([C@@H]1O[C@H](COC(=O)CC(=O)O)[C@@H](O)[C@H](O)[C@H]1O)c1ccc(O)c(O)c1C2=O. The van der Waals surface area contributed by atoms with E-state index >= 15 is 0 Å². The maximum absolute atomic E-state index is 13.2. The number of aryl methyl sites for hydroxylation is 1. The van der Waals surface area contributed by atoms with E-state index in [0.29, 0.717) is 5.56 Å². The highest BCUT2D eigenvalue weighted by atomic mass is 16.6. The Morgan fingerprint density at radius 2 is 1.64 bits per heavy atom. The molecule has 192 valence electrons. The van der Waals surface area contributed by atoms with E-state index in [4.69, 9.17) is 14.6 Å². The number of carbonyl (C=O) groups excluding carboxylic acids is 2. The molecule has 1 heterocycles. The molecule has 1 saturated heterocycles. The van der Waals surface area contributed by atoms with Crippen molar-refractivity contribution in [2.75, 3.05) is 6.61 Å². The number of aromatic hydroxyl groups is 3. The van der Waals surface area contributed by atoms with Gasteiger partial charge >= 0.3 is 11.9 Å². The van der Waals surface area contributed by atoms with Crippen molar-refractivity contribution in [3.8, 4) is 17.2 Å². The molecular formula is C24H24O12. The monoisotopic (exact) mass is 504 g/mol. The molecule has 6 atom stereocenters. The molecule has 1 aliphatic heterocycles. The molecule has 0 bridgehead atoms. The third-order valence-corrected chi connectivity index (χ3v) is 6.39. The summed E-state index contributed by atoms with van der Waals surface area (Å²) in [7, 11) is 0. The summed E-state index contributed by atoms with van der Waals surface area (Å²) < 4.78 is 10.7. The second-order valence-electron chi connectivity index (χ2n) is 8.82. The van der Waals surface area contributed by atoms with Crippen molar-refractivity contribution in [3.63, 3.8) is 0 Å². The Hall–Kier alpha value is -3.71. The summed E-state index contributed by atoms with van der Waals surface area (Å²) in [5.74, 6) is -6.20. The van der Waals surface area contributed by atoms with Gasteiger partial charge in [0.15, 0.2) is 11.5 Å². The van der Waals surface area contributed by atoms with Crippen LogP contribution in [0.2, 0.25) is 0 Å². The van der Waals surface area contributed by atoms with Crippen molar-refractivity contribution in [2.45, 2.75) is 49.8 Å². The fourth-order valence-electron chi connectivity index (χ4n) is 4.77. The van der Waals surface area contributed by atoms with Gasteiger partial charge in [-0.3, -0.25) is 14.4 Å². The Kier molecular flexibility index (Phi) is 6.62. The lowest BCUT2D eigenvalue weighted by Gasteiger charge is -2.45. The largest absolute Gasteiger partial charge is 0.507 e. The normalized spacial score (nSPS) is 27.2. The first-order chi connectivity index (χ1) is 16.9. The van der Waals surface area contributed by atoms with Gasteiger partial charge in [0.25, 0.3) is 0 Å². The lowest BCUT2D eigenvalue weighted by Crippen LogP contribution is -2.60. The molecule has 36 heavy (non-hydrogen) atoms. The first-order valence-corrected chi connectivity index (χ1v) is 10.9. The number of phenolic OH excluding ortho intramolecular Hbond substituents is 3. The number of ketones is 1. The summed E-state index contributed by atoms with van der Waals surface area (Å²) in [5, 5.41) is 71.6. The van der Waals surface area contributed by atoms with Gasteiger partial charge in [-0.25, -0.2) is 0 Å². The summed E-state index contributed by atoms with van der Waals surface area (Å²) in [6.07, 6.45) is -9.02. The minimum absolute atomic E-state index is 0.113. The molecule has 12 nitrogen and oxygen atoms in total. The number of ether oxygens (including phenoxy) is 2. The van der Waals surface area contributed by atoms with Crippen LogP contribution in [0.4, 0.5) is 0 Å². The Morgan fingerprint density at radius 3 is 2.31 bits per heavy atom. The topological polar surface area (TPSA) is 211 Å². The lowest BCUT2D eigenvalue weighted by molar-refractivity contribution is -0.234. The standard InChI is InChI=1S/C24H24O12/c1-8-4-10-16(9-2-3-11(25)19(30)18(9)21(32)17(10)12(26)5-8)24-23(34)22(33)20(31)13(36-24)7-35-15(29)6-14(27)28/h2-5,13,16,20,22-26,30-31,33-34H,6-7H2,1H3,(H,27,28)/t13-,16?,20-,22+,23-,24+/m1/s1. The molecule has 2 aliphatic rings. The van der Waals surface area contributed by atoms with Crippen molar-refractivity contribution < 1.29 is 59.6 Å². The van der Waals surface area contributed by atoms with Crippen LogP contribution >= 0.6 is 0 Å². The molecule has 2 aromatic carbocycles. The van der Waals surface area contributed by atoms with E-state index in [2.05, 4.69) is 0 Å². The maximum Gasteiger partial charge on any atom is 0.317 e. The highest BCUT2D eigenvalue weighted by Gasteiger charge is 2.50. The van der Waals surface area contributed by atoms with Crippen LogP contribution in [-0.4, -0.2) is 90.6 Å². The summed E-state index contributed by atoms with van der Waals surface area (Å²) >= 11 is 0. The van der Waals surface area contributed by atoms with Crippen LogP contribution < -0.4 is 0 Å². The minimum atomic E-state index is -1.81. The van der Waals surface area contributed by atoms with Crippen molar-refractivity contribution in [2.24, 2.45) is 0 Å². The highest BCUT2D eigenvalue weighted by molar-refractivity contribution is 6.16. The molecule has 2 aromatic rings. The van der Waals surface area contributed by atoms with Gasteiger partial charge in [-0.15, -0.1) is 0 Å². The molecule has 0 radical (unpaired) electrons. The lowest BCUT2D eigenvalue weighted by atomic mass is 9.71. The van der Waals surface area contributed by atoms with Gasteiger partial charge in [0.2, 0.25) is 5.78 Å². The fourth-order valence-corrected chi connectivity index (χ4v) is 4.77. The van der Waals surface area contributed by atoms with E-state index in [0.717, 1.165) is 6.07 Å². The number of esters is 1. The van der Waals surface area contributed by atoms with Gasteiger partial charge in [0.05, 0.1) is 17.2 Å². The van der Waals surface area contributed by atoms with E-state index < -0.39 is 84.4 Å². The van der Waals surface area contributed by atoms with Crippen LogP contribution in [0.3, 0.4) is 0 Å². The number of carbonyl (C=O) groups is 3. The summed E-state index contributed by atoms with van der Waals surface area (Å²) in [6.45, 7) is 0.992. The van der Waals surface area contributed by atoms with Gasteiger partial charge in [0.1, 0.15) is 43.2 Å². The third-order valence-electron chi connectivity index (χ3n) is 6.39. The van der Waals surface area contributed by atoms with Crippen LogP contribution in [0.15, 0.2) is 24.3 Å². The first-order valence-electron chi connectivity index (χ1n) is 10.9. The number of rotatable bonds is 5. The predicted octanol–water partition coefficient (Wildman–Crippen LogP) is -0.344. The molecule has 1 fully saturated rings. The second kappa shape index (κ2) is 9.39. The Labute approximate surface area is 203 Å². The van der Waals surface area contributed by atoms with Crippen LogP contribution in [0.25, 0.3) is 0 Å². The van der Waals surface area contributed by atoms with Crippen LogP contribution in [-0.2, 0) is 19.1 Å². The number of aliphatic hydroxyl groups excluding tert-OH is 3. The Balaban J connectivity index is 1.80. The minimum Gasteiger partial charge on any atom is -0.507 e. The van der Waals surface area contributed by atoms with Gasteiger partial charge in [-0.05, 0) is 35.7 Å². The van der Waals surface area contributed by atoms with Crippen molar-refractivity contribution in [3.05, 3.63) is 52.1 Å². The van der Waals surface area contributed by atoms with Crippen molar-refractivity contribution >= 4 is 17.7 Å². The zero-order valence-electron chi connectivity index (χ0n) is 18.9. The quantitative estimate of drug-likeness (QED) is 0.158. The predicted molar refractivity (Wildman–Crippen MR) is 118 cm³/mol. The van der Waals surface area contributed by atoms with Gasteiger partial charge in [-0.2, -0.15) is 0 Å². The smallest absolute Gasteiger partial charge is 0.317 e. The van der Waals surface area contributed by atoms with Crippen LogP contribution in [0, 0.1) is 6.92 Å². The van der Waals surface area contributed by atoms with E-state index in [1.807, 2.05) is 0 Å². The van der Waals surface area contributed by atoms with E-state index in [9.17, 15) is 45.0 Å². The van der Waals surface area contributed by atoms with Gasteiger partial charge in [0, 0.05) is 5.92 Å². The summed E-state index contributed by atoms with van der Waals surface area (Å²) in [6, 6.07) is 5.32. The first kappa shape index (κ1) is 25.4. The Bertz CT molecular complexity index is 1240. The molecule has 1 unspecified atom stereocenters. The zero-order valence-corrected chi connectivity index (χ0v) is 18.9. The number of phenols is 3. The van der Waals surface area contributed by atoms with Crippen LogP contribution in [0.1, 0.15) is 45.0 Å². The molecule has 0 spiro atoms. The fraction of sp³-hybridized carbons (Fsp3) is 0.375. The van der Waals surface area contributed by atoms with E-state index in [-0.39, 0.29) is 22.3 Å². The summed E-state index contributed by atoms with van der Waals surface area (Å²) in [5.41, 5.74) is 0.305. The summed E-state index contributed by atoms with van der Waals surface area (Å²) in [4.78, 5) is 35.6. The number of aliphatic hydroxyl groups is 3. The molecular weight excluding hydrogens is 480 g/mol. The van der Waals surface area contributed by atoms with Gasteiger partial charge < -0.3 is 45.2 Å². The molecule has 0 amide bonds. The Morgan fingerprint density at radius 1 is 0.944 bits per heavy atom. The molecule has 0 aromatic heterocycles. The number of hydrogen-bond acceptors (Lipinski definition) is 11.